The highest BCUT2D eigenvalue weighted by Gasteiger charge is 2.54. The van der Waals surface area contributed by atoms with Crippen molar-refractivity contribution in [3.8, 4) is 71.1 Å². The average Bonchev–Trinajstić information content (AvgIpc) is 3.44. The second-order valence-electron chi connectivity index (χ2n) is 21.5. The van der Waals surface area contributed by atoms with Crippen LogP contribution >= 0.6 is 11.3 Å². The number of rotatable bonds is 7. The number of hydrogen-bond acceptors (Lipinski definition) is 2. The molecule has 13 aromatic rings. The lowest BCUT2D eigenvalue weighted by atomic mass is 9.70. The highest BCUT2D eigenvalue weighted by molar-refractivity contribution is 7.19. The van der Waals surface area contributed by atoms with Crippen molar-refractivity contribution in [1.29, 1.82) is 0 Å². The molecule has 0 saturated carbocycles. The summed E-state index contributed by atoms with van der Waals surface area (Å²) in [5.41, 5.74) is 27.0. The standard InChI is InChI=1S/C74H50N2S/c1-73(2)62-30-16-12-26-55(62)57-41-39-53(45-65(57)73)75(52-37-34-47(35-38-52)50-36-43-68-61(44-50)59-28-15-19-33-67(59)76(68)51-24-10-5-11-25-51)54-40-42-58-56-27-13-17-31-63(56)74(66(58)46-54)64-32-18-14-29-60(64)69-70(74)72(49-22-8-4-9-23-49)77-71(69)48-20-6-3-7-21-48/h3-46H,1-2H3. The second-order valence-corrected chi connectivity index (χ2v) is 22.5. The molecule has 3 aliphatic carbocycles. The lowest BCUT2D eigenvalue weighted by Gasteiger charge is -2.33. The van der Waals surface area contributed by atoms with Gasteiger partial charge in [-0.2, -0.15) is 0 Å². The van der Waals surface area contributed by atoms with Crippen LogP contribution in [0.1, 0.15) is 47.2 Å². The average molecular weight is 999 g/mol. The third-order valence-corrected chi connectivity index (χ3v) is 18.5. The van der Waals surface area contributed by atoms with Gasteiger partial charge in [-0.15, -0.1) is 11.3 Å². The van der Waals surface area contributed by atoms with Crippen LogP contribution in [0.25, 0.3) is 92.9 Å². The maximum atomic E-state index is 2.55. The van der Waals surface area contributed by atoms with E-state index in [1.807, 2.05) is 11.3 Å². The van der Waals surface area contributed by atoms with Crippen molar-refractivity contribution in [2.45, 2.75) is 24.7 Å². The summed E-state index contributed by atoms with van der Waals surface area (Å²) in [6.45, 7) is 4.77. The zero-order valence-electron chi connectivity index (χ0n) is 42.7. The van der Waals surface area contributed by atoms with Gasteiger partial charge in [-0.25, -0.2) is 0 Å². The van der Waals surface area contributed by atoms with Gasteiger partial charge in [-0.3, -0.25) is 0 Å². The van der Waals surface area contributed by atoms with Crippen LogP contribution in [0.15, 0.2) is 267 Å². The predicted octanol–water partition coefficient (Wildman–Crippen LogP) is 20.0. The van der Waals surface area contributed by atoms with Gasteiger partial charge in [0.05, 0.1) is 16.4 Å². The zero-order chi connectivity index (χ0) is 51.0. The van der Waals surface area contributed by atoms with E-state index in [1.54, 1.807) is 0 Å². The SMILES string of the molecule is CC1(C)c2ccccc2-c2ccc(N(c3ccc(-c4ccc5c(c4)c4ccccc4n5-c4ccccc4)cc3)c3ccc4c(c3)C3(c5ccccc5-4)c4ccccc4-c4c(-c5ccccc5)sc(-c5ccccc5)c43)cc21. The summed E-state index contributed by atoms with van der Waals surface area (Å²) >= 11 is 1.94. The summed E-state index contributed by atoms with van der Waals surface area (Å²) in [5, 5.41) is 2.50. The minimum atomic E-state index is -0.581. The summed E-state index contributed by atoms with van der Waals surface area (Å²) in [5.74, 6) is 0. The largest absolute Gasteiger partial charge is 0.310 e. The van der Waals surface area contributed by atoms with Crippen LogP contribution in [0.5, 0.6) is 0 Å². The molecule has 2 aromatic heterocycles. The predicted molar refractivity (Wildman–Crippen MR) is 324 cm³/mol. The van der Waals surface area contributed by atoms with E-state index >= 15 is 0 Å². The Morgan fingerprint density at radius 1 is 0.338 bits per heavy atom. The molecule has 16 rings (SSSR count). The number of fused-ring (bicyclic) bond motifs is 16. The zero-order valence-corrected chi connectivity index (χ0v) is 43.5. The fourth-order valence-electron chi connectivity index (χ4n) is 13.8. The molecule has 1 unspecified atom stereocenters. The summed E-state index contributed by atoms with van der Waals surface area (Å²) in [6, 6.07) is 99.9. The van der Waals surface area contributed by atoms with Crippen LogP contribution < -0.4 is 4.90 Å². The number of anilines is 3. The van der Waals surface area contributed by atoms with E-state index in [0.717, 1.165) is 22.7 Å². The van der Waals surface area contributed by atoms with Crippen molar-refractivity contribution < 1.29 is 0 Å². The molecule has 77 heavy (non-hydrogen) atoms. The van der Waals surface area contributed by atoms with Crippen molar-refractivity contribution in [3.05, 3.63) is 300 Å². The van der Waals surface area contributed by atoms with Gasteiger partial charge in [0.15, 0.2) is 0 Å². The topological polar surface area (TPSA) is 8.17 Å². The Hall–Kier alpha value is -9.28. The maximum absolute atomic E-state index is 2.55. The fraction of sp³-hybridized carbons (Fsp3) is 0.0541. The van der Waals surface area contributed by atoms with E-state index in [0.29, 0.717) is 0 Å². The van der Waals surface area contributed by atoms with E-state index in [1.165, 1.54) is 121 Å². The molecule has 0 bridgehead atoms. The number of para-hydroxylation sites is 2. The lowest BCUT2D eigenvalue weighted by Crippen LogP contribution is -2.26. The van der Waals surface area contributed by atoms with Gasteiger partial charge >= 0.3 is 0 Å². The molecule has 0 N–H and O–H groups in total. The fourth-order valence-corrected chi connectivity index (χ4v) is 15.2. The first kappa shape index (κ1) is 44.1. The van der Waals surface area contributed by atoms with Crippen molar-refractivity contribution in [2.75, 3.05) is 4.90 Å². The molecule has 3 aliphatic rings. The van der Waals surface area contributed by atoms with Gasteiger partial charge in [0, 0.05) is 54.3 Å². The normalized spacial score (nSPS) is 15.0. The third-order valence-electron chi connectivity index (χ3n) is 17.2. The molecule has 0 radical (unpaired) electrons. The van der Waals surface area contributed by atoms with Gasteiger partial charge in [0.2, 0.25) is 0 Å². The molecule has 1 spiro atoms. The van der Waals surface area contributed by atoms with Crippen LogP contribution in [0.4, 0.5) is 17.1 Å². The van der Waals surface area contributed by atoms with Gasteiger partial charge in [0.25, 0.3) is 0 Å². The van der Waals surface area contributed by atoms with Crippen LogP contribution in [0, 0.1) is 0 Å². The van der Waals surface area contributed by atoms with Gasteiger partial charge in [-0.1, -0.05) is 214 Å². The number of aromatic nitrogens is 1. The molecule has 1 atom stereocenters. The molecule has 2 nitrogen and oxygen atoms in total. The smallest absolute Gasteiger partial charge is 0.0740 e. The van der Waals surface area contributed by atoms with Gasteiger partial charge in [-0.05, 0) is 150 Å². The van der Waals surface area contributed by atoms with Crippen molar-refractivity contribution in [3.63, 3.8) is 0 Å². The van der Waals surface area contributed by atoms with E-state index in [-0.39, 0.29) is 5.41 Å². The molecule has 0 fully saturated rings. The van der Waals surface area contributed by atoms with Crippen LogP contribution in [0.2, 0.25) is 0 Å². The lowest BCUT2D eigenvalue weighted by molar-refractivity contribution is 0.660. The van der Waals surface area contributed by atoms with Gasteiger partial charge < -0.3 is 9.47 Å². The van der Waals surface area contributed by atoms with Crippen molar-refractivity contribution in [2.24, 2.45) is 0 Å². The van der Waals surface area contributed by atoms with Crippen LogP contribution in [0.3, 0.4) is 0 Å². The minimum Gasteiger partial charge on any atom is -0.310 e. The third kappa shape index (κ3) is 6.23. The highest BCUT2D eigenvalue weighted by atomic mass is 32.1. The Labute approximate surface area is 453 Å². The first-order valence-corrected chi connectivity index (χ1v) is 27.6. The van der Waals surface area contributed by atoms with Crippen molar-refractivity contribution >= 4 is 50.2 Å². The summed E-state index contributed by atoms with van der Waals surface area (Å²) < 4.78 is 2.39. The van der Waals surface area contributed by atoms with Crippen molar-refractivity contribution in [1.82, 2.24) is 4.57 Å². The quantitative estimate of drug-likeness (QED) is 0.154. The Bertz CT molecular complexity index is 4520. The summed E-state index contributed by atoms with van der Waals surface area (Å²) in [4.78, 5) is 5.15. The molecule has 2 heterocycles. The summed E-state index contributed by atoms with van der Waals surface area (Å²) in [6.07, 6.45) is 0. The molecule has 0 aliphatic heterocycles. The van der Waals surface area contributed by atoms with E-state index < -0.39 is 5.41 Å². The molecule has 3 heteroatoms. The number of benzene rings is 11. The summed E-state index contributed by atoms with van der Waals surface area (Å²) in [7, 11) is 0. The maximum Gasteiger partial charge on any atom is 0.0740 e. The molecular weight excluding hydrogens is 949 g/mol. The molecular formula is C74H50N2S. The second kappa shape index (κ2) is 16.6. The number of thiophene rings is 1. The number of nitrogens with zero attached hydrogens (tertiary/aromatic N) is 2. The van der Waals surface area contributed by atoms with E-state index in [4.69, 9.17) is 0 Å². The Morgan fingerprint density at radius 3 is 1.53 bits per heavy atom. The highest BCUT2D eigenvalue weighted by Crippen LogP contribution is 2.68. The van der Waals surface area contributed by atoms with E-state index in [2.05, 4.69) is 290 Å². The molecule has 362 valence electrons. The Balaban J connectivity index is 0.911. The first-order chi connectivity index (χ1) is 38.0. The molecule has 0 saturated heterocycles. The van der Waals surface area contributed by atoms with Crippen LogP contribution in [-0.2, 0) is 10.8 Å². The van der Waals surface area contributed by atoms with Gasteiger partial charge in [0.1, 0.15) is 0 Å². The van der Waals surface area contributed by atoms with Crippen LogP contribution in [-0.4, -0.2) is 4.57 Å². The van der Waals surface area contributed by atoms with E-state index in [9.17, 15) is 0 Å². The Kier molecular flexibility index (Phi) is 9.50. The number of hydrogen-bond donors (Lipinski definition) is 0. The minimum absolute atomic E-state index is 0.170. The first-order valence-electron chi connectivity index (χ1n) is 26.8. The Morgan fingerprint density at radius 2 is 0.831 bits per heavy atom. The monoisotopic (exact) mass is 998 g/mol. The molecule has 0 amide bonds. The molecule has 11 aromatic carbocycles.